The number of hydrogen-bond acceptors (Lipinski definition) is 1. The van der Waals surface area contributed by atoms with Crippen molar-refractivity contribution in [3.63, 3.8) is 0 Å². The van der Waals surface area contributed by atoms with Crippen LogP contribution in [0.2, 0.25) is 0 Å². The SMILES string of the molecule is Cn1cc2c(c1C(N)=O)CCC2. The first-order valence-corrected chi connectivity index (χ1v) is 4.17. The molecule has 3 nitrogen and oxygen atoms in total. The average molecular weight is 164 g/mol. The van der Waals surface area contributed by atoms with E-state index in [1.165, 1.54) is 11.1 Å². The Morgan fingerprint density at radius 3 is 3.00 bits per heavy atom. The van der Waals surface area contributed by atoms with Crippen LogP contribution in [0.1, 0.15) is 28.0 Å². The minimum Gasteiger partial charge on any atom is -0.364 e. The summed E-state index contributed by atoms with van der Waals surface area (Å²) >= 11 is 0. The molecular weight excluding hydrogens is 152 g/mol. The summed E-state index contributed by atoms with van der Waals surface area (Å²) in [5, 5.41) is 0. The lowest BCUT2D eigenvalue weighted by molar-refractivity contribution is 0.0991. The summed E-state index contributed by atoms with van der Waals surface area (Å²) in [4.78, 5) is 11.0. The second-order valence-electron chi connectivity index (χ2n) is 3.31. The quantitative estimate of drug-likeness (QED) is 0.649. The van der Waals surface area contributed by atoms with Crippen LogP contribution in [0.4, 0.5) is 0 Å². The molecule has 0 saturated carbocycles. The van der Waals surface area contributed by atoms with Crippen LogP contribution in [0.5, 0.6) is 0 Å². The van der Waals surface area contributed by atoms with E-state index in [4.69, 9.17) is 5.73 Å². The molecule has 1 aliphatic rings. The number of carbonyl (C=O) groups is 1. The van der Waals surface area contributed by atoms with Gasteiger partial charge in [-0.25, -0.2) is 0 Å². The lowest BCUT2D eigenvalue weighted by atomic mass is 10.2. The number of primary amides is 1. The lowest BCUT2D eigenvalue weighted by Crippen LogP contribution is -2.16. The highest BCUT2D eigenvalue weighted by Crippen LogP contribution is 2.26. The van der Waals surface area contributed by atoms with Gasteiger partial charge in [-0.1, -0.05) is 0 Å². The molecule has 0 fully saturated rings. The Morgan fingerprint density at radius 2 is 2.33 bits per heavy atom. The molecule has 2 N–H and O–H groups in total. The summed E-state index contributed by atoms with van der Waals surface area (Å²) in [7, 11) is 1.87. The number of rotatable bonds is 1. The van der Waals surface area contributed by atoms with Crippen LogP contribution in [-0.2, 0) is 19.9 Å². The Labute approximate surface area is 71.2 Å². The molecule has 0 aromatic carbocycles. The predicted molar refractivity (Wildman–Crippen MR) is 46.0 cm³/mol. The van der Waals surface area contributed by atoms with Crippen molar-refractivity contribution in [2.24, 2.45) is 12.8 Å². The number of aromatic nitrogens is 1. The van der Waals surface area contributed by atoms with Crippen LogP contribution in [0, 0.1) is 0 Å². The van der Waals surface area contributed by atoms with Gasteiger partial charge in [0.15, 0.2) is 0 Å². The van der Waals surface area contributed by atoms with Crippen LogP contribution in [0.15, 0.2) is 6.20 Å². The van der Waals surface area contributed by atoms with Gasteiger partial charge in [0.25, 0.3) is 5.91 Å². The molecule has 0 unspecified atom stereocenters. The molecule has 1 aromatic rings. The van der Waals surface area contributed by atoms with Crippen molar-refractivity contribution in [3.8, 4) is 0 Å². The molecule has 0 saturated heterocycles. The topological polar surface area (TPSA) is 48.0 Å². The van der Waals surface area contributed by atoms with Crippen molar-refractivity contribution < 1.29 is 4.79 Å². The smallest absolute Gasteiger partial charge is 0.265 e. The van der Waals surface area contributed by atoms with Crippen LogP contribution in [0.25, 0.3) is 0 Å². The molecule has 12 heavy (non-hydrogen) atoms. The molecule has 0 radical (unpaired) electrons. The van der Waals surface area contributed by atoms with E-state index in [2.05, 4.69) is 0 Å². The van der Waals surface area contributed by atoms with Gasteiger partial charge in [-0.15, -0.1) is 0 Å². The first-order chi connectivity index (χ1) is 5.70. The van der Waals surface area contributed by atoms with Crippen molar-refractivity contribution in [2.45, 2.75) is 19.3 Å². The van der Waals surface area contributed by atoms with E-state index in [-0.39, 0.29) is 5.91 Å². The van der Waals surface area contributed by atoms with Crippen LogP contribution in [-0.4, -0.2) is 10.5 Å². The summed E-state index contributed by atoms with van der Waals surface area (Å²) in [5.41, 5.74) is 8.44. The summed E-state index contributed by atoms with van der Waals surface area (Å²) in [6.07, 6.45) is 5.28. The van der Waals surface area contributed by atoms with Crippen LogP contribution < -0.4 is 5.73 Å². The zero-order chi connectivity index (χ0) is 8.72. The van der Waals surface area contributed by atoms with E-state index in [9.17, 15) is 4.79 Å². The third-order valence-corrected chi connectivity index (χ3v) is 2.48. The fraction of sp³-hybridized carbons (Fsp3) is 0.444. The van der Waals surface area contributed by atoms with Gasteiger partial charge < -0.3 is 10.3 Å². The molecule has 2 rings (SSSR count). The molecule has 1 aromatic heterocycles. The second-order valence-corrected chi connectivity index (χ2v) is 3.31. The maximum Gasteiger partial charge on any atom is 0.265 e. The minimum absolute atomic E-state index is 0.305. The number of fused-ring (bicyclic) bond motifs is 1. The van der Waals surface area contributed by atoms with E-state index in [0.29, 0.717) is 5.69 Å². The molecule has 0 atom stereocenters. The summed E-state index contributed by atoms with van der Waals surface area (Å²) in [5.74, 6) is -0.305. The van der Waals surface area contributed by atoms with Crippen molar-refractivity contribution in [1.29, 1.82) is 0 Å². The first-order valence-electron chi connectivity index (χ1n) is 4.17. The van der Waals surface area contributed by atoms with Gasteiger partial charge in [0.2, 0.25) is 0 Å². The highest BCUT2D eigenvalue weighted by molar-refractivity contribution is 5.93. The van der Waals surface area contributed by atoms with E-state index >= 15 is 0 Å². The molecule has 0 spiro atoms. The van der Waals surface area contributed by atoms with Crippen molar-refractivity contribution in [2.75, 3.05) is 0 Å². The maximum absolute atomic E-state index is 11.0. The Hall–Kier alpha value is -1.25. The van der Waals surface area contributed by atoms with Gasteiger partial charge in [0, 0.05) is 13.2 Å². The Bertz CT molecular complexity index is 339. The van der Waals surface area contributed by atoms with Gasteiger partial charge in [0.1, 0.15) is 5.69 Å². The minimum atomic E-state index is -0.305. The molecule has 1 aliphatic carbocycles. The normalized spacial score (nSPS) is 14.8. The molecule has 0 bridgehead atoms. The molecular formula is C9H12N2O. The maximum atomic E-state index is 11.0. The van der Waals surface area contributed by atoms with Crippen molar-refractivity contribution >= 4 is 5.91 Å². The number of nitrogens with zero attached hydrogens (tertiary/aromatic N) is 1. The Balaban J connectivity index is 2.59. The number of nitrogens with two attached hydrogens (primary N) is 1. The second kappa shape index (κ2) is 2.37. The fourth-order valence-corrected chi connectivity index (χ4v) is 2.01. The highest BCUT2D eigenvalue weighted by Gasteiger charge is 2.21. The lowest BCUT2D eigenvalue weighted by Gasteiger charge is -2.00. The summed E-state index contributed by atoms with van der Waals surface area (Å²) in [6.45, 7) is 0. The molecule has 0 aliphatic heterocycles. The predicted octanol–water partition coefficient (Wildman–Crippen LogP) is 0.613. The zero-order valence-electron chi connectivity index (χ0n) is 7.13. The first kappa shape index (κ1) is 7.40. The van der Waals surface area contributed by atoms with Gasteiger partial charge in [-0.2, -0.15) is 0 Å². The molecule has 1 amide bonds. The molecule has 64 valence electrons. The molecule has 1 heterocycles. The third-order valence-electron chi connectivity index (χ3n) is 2.48. The monoisotopic (exact) mass is 164 g/mol. The van der Waals surface area contributed by atoms with Gasteiger partial charge in [-0.3, -0.25) is 4.79 Å². The van der Waals surface area contributed by atoms with E-state index in [1.807, 2.05) is 17.8 Å². The van der Waals surface area contributed by atoms with E-state index < -0.39 is 0 Å². The van der Waals surface area contributed by atoms with E-state index in [1.54, 1.807) is 0 Å². The standard InChI is InChI=1S/C9H12N2O/c1-11-5-6-3-2-4-7(6)8(11)9(10)12/h5H,2-4H2,1H3,(H2,10,12). The summed E-state index contributed by atoms with van der Waals surface area (Å²) < 4.78 is 1.84. The highest BCUT2D eigenvalue weighted by atomic mass is 16.1. The zero-order valence-corrected chi connectivity index (χ0v) is 7.13. The van der Waals surface area contributed by atoms with E-state index in [0.717, 1.165) is 19.3 Å². The number of amides is 1. The number of aryl methyl sites for hydroxylation is 2. The largest absolute Gasteiger partial charge is 0.364 e. The van der Waals surface area contributed by atoms with Gasteiger partial charge in [-0.05, 0) is 30.4 Å². The summed E-state index contributed by atoms with van der Waals surface area (Å²) in [6, 6.07) is 0. The molecule has 3 heteroatoms. The van der Waals surface area contributed by atoms with Crippen molar-refractivity contribution in [1.82, 2.24) is 4.57 Å². The van der Waals surface area contributed by atoms with Crippen molar-refractivity contribution in [3.05, 3.63) is 23.0 Å². The number of hydrogen-bond donors (Lipinski definition) is 1. The van der Waals surface area contributed by atoms with Crippen LogP contribution in [0.3, 0.4) is 0 Å². The number of carbonyl (C=O) groups excluding carboxylic acids is 1. The van der Waals surface area contributed by atoms with Crippen LogP contribution >= 0.6 is 0 Å². The third kappa shape index (κ3) is 0.858. The Kier molecular flexibility index (Phi) is 1.46. The van der Waals surface area contributed by atoms with Gasteiger partial charge >= 0.3 is 0 Å². The average Bonchev–Trinajstić information content (AvgIpc) is 2.44. The Morgan fingerprint density at radius 1 is 1.58 bits per heavy atom. The fourth-order valence-electron chi connectivity index (χ4n) is 2.01. The van der Waals surface area contributed by atoms with Gasteiger partial charge in [0.05, 0.1) is 0 Å².